The highest BCUT2D eigenvalue weighted by Gasteiger charge is 2.23. The lowest BCUT2D eigenvalue weighted by molar-refractivity contribution is 0.109. The molecule has 5 nitrogen and oxygen atoms in total. The van der Waals surface area contributed by atoms with E-state index < -0.39 is 6.10 Å². The van der Waals surface area contributed by atoms with Crippen LogP contribution in [0.5, 0.6) is 11.5 Å². The molecule has 144 valence electrons. The van der Waals surface area contributed by atoms with Crippen molar-refractivity contribution in [3.05, 3.63) is 53.6 Å². The molecule has 4 rings (SSSR count). The largest absolute Gasteiger partial charge is 0.497 e. The number of methoxy groups -OCH3 is 1. The maximum atomic E-state index is 10.7. The van der Waals surface area contributed by atoms with Gasteiger partial charge in [0.05, 0.1) is 13.2 Å². The van der Waals surface area contributed by atoms with Gasteiger partial charge in [-0.1, -0.05) is 12.1 Å². The molecule has 2 heterocycles. The van der Waals surface area contributed by atoms with Crippen molar-refractivity contribution >= 4 is 5.69 Å². The summed E-state index contributed by atoms with van der Waals surface area (Å²) in [7, 11) is 1.70. The van der Waals surface area contributed by atoms with E-state index in [9.17, 15) is 5.11 Å². The molecule has 0 saturated carbocycles. The van der Waals surface area contributed by atoms with Crippen LogP contribution in [0.3, 0.4) is 0 Å². The van der Waals surface area contributed by atoms with Crippen molar-refractivity contribution in [1.82, 2.24) is 4.90 Å². The van der Waals surface area contributed by atoms with E-state index in [4.69, 9.17) is 9.47 Å². The fourth-order valence-corrected chi connectivity index (χ4v) is 4.00. The van der Waals surface area contributed by atoms with E-state index in [2.05, 4.69) is 34.9 Å². The number of aliphatic hydroxyl groups is 1. The van der Waals surface area contributed by atoms with Crippen molar-refractivity contribution in [1.29, 1.82) is 0 Å². The number of ether oxygens (including phenoxy) is 2. The van der Waals surface area contributed by atoms with Crippen molar-refractivity contribution in [3.63, 3.8) is 0 Å². The van der Waals surface area contributed by atoms with Gasteiger partial charge in [0.15, 0.2) is 0 Å². The first-order chi connectivity index (χ1) is 13.1. The average Bonchev–Trinajstić information content (AvgIpc) is 3.07. The van der Waals surface area contributed by atoms with Crippen LogP contribution in [0.4, 0.5) is 5.69 Å². The number of anilines is 1. The number of fused-ring (bicyclic) bond motifs is 1. The summed E-state index contributed by atoms with van der Waals surface area (Å²) in [5.41, 5.74) is 3.39. The van der Waals surface area contributed by atoms with Gasteiger partial charge < -0.3 is 19.5 Å². The van der Waals surface area contributed by atoms with E-state index in [-0.39, 0.29) is 6.10 Å². The average molecular weight is 368 g/mol. The van der Waals surface area contributed by atoms with Gasteiger partial charge in [-0.2, -0.15) is 0 Å². The van der Waals surface area contributed by atoms with Gasteiger partial charge in [0.2, 0.25) is 0 Å². The molecule has 0 unspecified atom stereocenters. The number of benzene rings is 2. The zero-order valence-electron chi connectivity index (χ0n) is 16.1. The summed E-state index contributed by atoms with van der Waals surface area (Å²) < 4.78 is 11.1. The highest BCUT2D eigenvalue weighted by atomic mass is 16.5. The van der Waals surface area contributed by atoms with Gasteiger partial charge in [0.25, 0.3) is 0 Å². The molecule has 0 spiro atoms. The van der Waals surface area contributed by atoms with Crippen LogP contribution in [0.15, 0.2) is 42.5 Å². The Hall–Kier alpha value is -2.24. The fraction of sp³-hybridized carbons (Fsp3) is 0.455. The molecule has 2 aliphatic rings. The van der Waals surface area contributed by atoms with E-state index >= 15 is 0 Å². The van der Waals surface area contributed by atoms with E-state index in [1.54, 1.807) is 7.11 Å². The predicted octanol–water partition coefficient (Wildman–Crippen LogP) is 2.87. The van der Waals surface area contributed by atoms with E-state index in [0.717, 1.165) is 49.7 Å². The van der Waals surface area contributed by atoms with Crippen molar-refractivity contribution < 1.29 is 14.6 Å². The predicted molar refractivity (Wildman–Crippen MR) is 107 cm³/mol. The van der Waals surface area contributed by atoms with Crippen LogP contribution in [0.1, 0.15) is 24.2 Å². The standard InChI is InChI=1S/C22H28N2O3/c1-16-12-18-13-17(6-7-22(18)27-16)21(25)15-23-8-10-24(11-9-23)19-4-3-5-20(14-19)26-2/h3-7,13-14,16,21,25H,8-12,15H2,1-2H3/t16-,21-/m0/s1. The third-order valence-corrected chi connectivity index (χ3v) is 5.53. The SMILES string of the molecule is COc1cccc(N2CCN(C[C@H](O)c3ccc4c(c3)C[C@H](C)O4)CC2)c1. The van der Waals surface area contributed by atoms with Crippen molar-refractivity contribution in [2.45, 2.75) is 25.6 Å². The first-order valence-corrected chi connectivity index (χ1v) is 9.71. The molecular formula is C22H28N2O3. The topological polar surface area (TPSA) is 45.2 Å². The minimum Gasteiger partial charge on any atom is -0.497 e. The van der Waals surface area contributed by atoms with Crippen LogP contribution in [0.2, 0.25) is 0 Å². The molecular weight excluding hydrogens is 340 g/mol. The first kappa shape index (κ1) is 18.1. The number of hydrogen-bond acceptors (Lipinski definition) is 5. The highest BCUT2D eigenvalue weighted by Crippen LogP contribution is 2.31. The lowest BCUT2D eigenvalue weighted by Gasteiger charge is -2.37. The van der Waals surface area contributed by atoms with Gasteiger partial charge in [-0.15, -0.1) is 0 Å². The van der Waals surface area contributed by atoms with E-state index in [1.165, 1.54) is 11.3 Å². The second-order valence-corrected chi connectivity index (χ2v) is 7.50. The smallest absolute Gasteiger partial charge is 0.123 e. The molecule has 1 saturated heterocycles. The quantitative estimate of drug-likeness (QED) is 0.879. The maximum absolute atomic E-state index is 10.7. The zero-order valence-corrected chi connectivity index (χ0v) is 16.1. The molecule has 0 aromatic heterocycles. The number of piperazine rings is 1. The van der Waals surface area contributed by atoms with Crippen LogP contribution in [0, 0.1) is 0 Å². The van der Waals surface area contributed by atoms with Crippen LogP contribution in [0.25, 0.3) is 0 Å². The van der Waals surface area contributed by atoms with Gasteiger partial charge in [-0.25, -0.2) is 0 Å². The Bertz CT molecular complexity index is 787. The van der Waals surface area contributed by atoms with Crippen molar-refractivity contribution in [2.75, 3.05) is 44.7 Å². The Morgan fingerprint density at radius 2 is 1.96 bits per heavy atom. The summed E-state index contributed by atoms with van der Waals surface area (Å²) in [5, 5.41) is 10.7. The molecule has 2 aromatic rings. The molecule has 5 heteroatoms. The maximum Gasteiger partial charge on any atom is 0.123 e. The summed E-state index contributed by atoms with van der Waals surface area (Å²) in [6.07, 6.45) is 0.696. The second-order valence-electron chi connectivity index (χ2n) is 7.50. The third-order valence-electron chi connectivity index (χ3n) is 5.53. The van der Waals surface area contributed by atoms with E-state index in [1.807, 2.05) is 24.3 Å². The molecule has 0 radical (unpaired) electrons. The summed E-state index contributed by atoms with van der Waals surface area (Å²) >= 11 is 0. The fourth-order valence-electron chi connectivity index (χ4n) is 4.00. The first-order valence-electron chi connectivity index (χ1n) is 9.71. The van der Waals surface area contributed by atoms with Crippen LogP contribution < -0.4 is 14.4 Å². The Kier molecular flexibility index (Phi) is 5.23. The van der Waals surface area contributed by atoms with Crippen LogP contribution in [-0.4, -0.2) is 55.9 Å². The van der Waals surface area contributed by atoms with Crippen molar-refractivity contribution in [3.8, 4) is 11.5 Å². The third kappa shape index (κ3) is 4.04. The van der Waals surface area contributed by atoms with Crippen LogP contribution >= 0.6 is 0 Å². The summed E-state index contributed by atoms with van der Waals surface area (Å²) in [6.45, 7) is 6.54. The molecule has 2 aliphatic heterocycles. The molecule has 1 N–H and O–H groups in total. The minimum atomic E-state index is -0.463. The Balaban J connectivity index is 1.33. The molecule has 0 amide bonds. The summed E-state index contributed by atoms with van der Waals surface area (Å²) in [6, 6.07) is 14.3. The molecule has 0 bridgehead atoms. The van der Waals surface area contributed by atoms with E-state index in [0.29, 0.717) is 6.54 Å². The Labute approximate surface area is 161 Å². The lowest BCUT2D eigenvalue weighted by Crippen LogP contribution is -2.47. The van der Waals surface area contributed by atoms with Crippen LogP contribution in [-0.2, 0) is 6.42 Å². The number of nitrogens with zero attached hydrogens (tertiary/aromatic N) is 2. The van der Waals surface area contributed by atoms with Gasteiger partial charge in [0, 0.05) is 50.9 Å². The van der Waals surface area contributed by atoms with Gasteiger partial charge >= 0.3 is 0 Å². The number of hydrogen-bond donors (Lipinski definition) is 1. The molecule has 2 aromatic carbocycles. The Morgan fingerprint density at radius 1 is 1.15 bits per heavy atom. The summed E-state index contributed by atoms with van der Waals surface area (Å²) in [4.78, 5) is 4.72. The number of aliphatic hydroxyl groups excluding tert-OH is 1. The molecule has 0 aliphatic carbocycles. The molecule has 2 atom stereocenters. The second kappa shape index (κ2) is 7.79. The normalized spacial score (nSPS) is 20.9. The van der Waals surface area contributed by atoms with Gasteiger partial charge in [-0.3, -0.25) is 4.90 Å². The van der Waals surface area contributed by atoms with Gasteiger partial charge in [-0.05, 0) is 42.3 Å². The highest BCUT2D eigenvalue weighted by molar-refractivity contribution is 5.51. The Morgan fingerprint density at radius 3 is 2.74 bits per heavy atom. The monoisotopic (exact) mass is 368 g/mol. The zero-order chi connectivity index (χ0) is 18.8. The number of rotatable bonds is 5. The summed E-state index contributed by atoms with van der Waals surface area (Å²) in [5.74, 6) is 1.85. The lowest BCUT2D eigenvalue weighted by atomic mass is 10.0. The molecule has 1 fully saturated rings. The minimum absolute atomic E-state index is 0.233. The van der Waals surface area contributed by atoms with Crippen molar-refractivity contribution in [2.24, 2.45) is 0 Å². The molecule has 27 heavy (non-hydrogen) atoms. The number of β-amino-alcohol motifs (C(OH)–C–C–N with tert-alkyl or cyclic N) is 1. The van der Waals surface area contributed by atoms with Gasteiger partial charge in [0.1, 0.15) is 17.6 Å².